The molecule has 2 aromatic carbocycles. The van der Waals surface area contributed by atoms with Crippen LogP contribution in [0.1, 0.15) is 12.5 Å². The first kappa shape index (κ1) is 14.1. The van der Waals surface area contributed by atoms with Gasteiger partial charge < -0.3 is 16.4 Å². The zero-order valence-electron chi connectivity index (χ0n) is 11.5. The van der Waals surface area contributed by atoms with Gasteiger partial charge in [-0.3, -0.25) is 0 Å². The van der Waals surface area contributed by atoms with Crippen LogP contribution in [0.2, 0.25) is 0 Å². The van der Waals surface area contributed by atoms with E-state index in [1.807, 2.05) is 67.6 Å². The zero-order valence-corrected chi connectivity index (χ0v) is 11.5. The van der Waals surface area contributed by atoms with Crippen molar-refractivity contribution in [2.45, 2.75) is 12.5 Å². The lowest BCUT2D eigenvalue weighted by Crippen LogP contribution is -2.50. The van der Waals surface area contributed by atoms with Crippen molar-refractivity contribution < 1.29 is 4.79 Å². The van der Waals surface area contributed by atoms with Crippen molar-refractivity contribution in [3.8, 4) is 0 Å². The van der Waals surface area contributed by atoms with E-state index in [4.69, 9.17) is 5.73 Å². The van der Waals surface area contributed by atoms with Crippen LogP contribution in [0, 0.1) is 0 Å². The third-order valence-electron chi connectivity index (χ3n) is 3.24. The van der Waals surface area contributed by atoms with Gasteiger partial charge in [-0.25, -0.2) is 4.79 Å². The van der Waals surface area contributed by atoms with E-state index in [-0.39, 0.29) is 6.03 Å². The first-order valence-electron chi connectivity index (χ1n) is 6.54. The van der Waals surface area contributed by atoms with Gasteiger partial charge in [0.25, 0.3) is 0 Å². The smallest absolute Gasteiger partial charge is 0.319 e. The van der Waals surface area contributed by atoms with Gasteiger partial charge in [0, 0.05) is 12.2 Å². The Hall–Kier alpha value is -2.33. The Morgan fingerprint density at radius 2 is 1.60 bits per heavy atom. The van der Waals surface area contributed by atoms with Crippen molar-refractivity contribution >= 4 is 11.7 Å². The number of nitrogens with one attached hydrogen (secondary N) is 2. The SMILES string of the molecule is CC(CN)(NC(=O)Nc1ccccc1)c1ccccc1. The third-order valence-corrected chi connectivity index (χ3v) is 3.24. The van der Waals surface area contributed by atoms with Gasteiger partial charge in [0.15, 0.2) is 0 Å². The molecule has 0 saturated heterocycles. The van der Waals surface area contributed by atoms with Gasteiger partial charge in [0.2, 0.25) is 0 Å². The predicted octanol–water partition coefficient (Wildman–Crippen LogP) is 2.68. The molecule has 0 aliphatic heterocycles. The summed E-state index contributed by atoms with van der Waals surface area (Å²) >= 11 is 0. The lowest BCUT2D eigenvalue weighted by atomic mass is 9.92. The zero-order chi connectivity index (χ0) is 14.4. The van der Waals surface area contributed by atoms with Gasteiger partial charge in [0.1, 0.15) is 0 Å². The molecule has 0 spiro atoms. The van der Waals surface area contributed by atoms with Crippen molar-refractivity contribution in [1.82, 2.24) is 5.32 Å². The number of rotatable bonds is 4. The average molecular weight is 269 g/mol. The summed E-state index contributed by atoms with van der Waals surface area (Å²) in [7, 11) is 0. The van der Waals surface area contributed by atoms with Crippen LogP contribution in [0.5, 0.6) is 0 Å². The molecule has 20 heavy (non-hydrogen) atoms. The molecule has 4 heteroatoms. The summed E-state index contributed by atoms with van der Waals surface area (Å²) in [5, 5.41) is 5.73. The molecule has 0 fully saturated rings. The van der Waals surface area contributed by atoms with Crippen molar-refractivity contribution in [3.63, 3.8) is 0 Å². The first-order chi connectivity index (χ1) is 9.64. The maximum absolute atomic E-state index is 12.1. The first-order valence-corrected chi connectivity index (χ1v) is 6.54. The number of para-hydroxylation sites is 1. The Morgan fingerprint density at radius 1 is 1.05 bits per heavy atom. The van der Waals surface area contributed by atoms with Crippen LogP contribution < -0.4 is 16.4 Å². The number of urea groups is 1. The maximum Gasteiger partial charge on any atom is 0.319 e. The van der Waals surface area contributed by atoms with Crippen LogP contribution in [-0.4, -0.2) is 12.6 Å². The van der Waals surface area contributed by atoms with E-state index in [9.17, 15) is 4.79 Å². The molecule has 1 atom stereocenters. The lowest BCUT2D eigenvalue weighted by Gasteiger charge is -2.30. The molecule has 4 N–H and O–H groups in total. The van der Waals surface area contributed by atoms with E-state index in [1.54, 1.807) is 0 Å². The second kappa shape index (κ2) is 6.21. The summed E-state index contributed by atoms with van der Waals surface area (Å²) in [6.45, 7) is 2.23. The number of hydrogen-bond donors (Lipinski definition) is 3. The standard InChI is InChI=1S/C16H19N3O/c1-16(12-17,13-8-4-2-5-9-13)19-15(20)18-14-10-6-3-7-11-14/h2-11H,12,17H2,1H3,(H2,18,19,20). The van der Waals surface area contributed by atoms with Gasteiger partial charge in [-0.05, 0) is 24.6 Å². The molecule has 0 aliphatic carbocycles. The summed E-state index contributed by atoms with van der Waals surface area (Å²) in [4.78, 5) is 12.1. The van der Waals surface area contributed by atoms with Gasteiger partial charge in [0.05, 0.1) is 5.54 Å². The van der Waals surface area contributed by atoms with Crippen LogP contribution in [0.3, 0.4) is 0 Å². The normalized spacial score (nSPS) is 13.3. The topological polar surface area (TPSA) is 67.1 Å². The Labute approximate surface area is 119 Å². The minimum absolute atomic E-state index is 0.270. The largest absolute Gasteiger partial charge is 0.328 e. The number of amides is 2. The van der Waals surface area contributed by atoms with Crippen molar-refractivity contribution in [1.29, 1.82) is 0 Å². The van der Waals surface area contributed by atoms with Crippen molar-refractivity contribution in [2.24, 2.45) is 5.73 Å². The molecule has 0 radical (unpaired) electrons. The molecule has 104 valence electrons. The minimum Gasteiger partial charge on any atom is -0.328 e. The van der Waals surface area contributed by atoms with Crippen molar-refractivity contribution in [2.75, 3.05) is 11.9 Å². The Kier molecular flexibility index (Phi) is 4.38. The quantitative estimate of drug-likeness (QED) is 0.799. The highest BCUT2D eigenvalue weighted by atomic mass is 16.2. The van der Waals surface area contributed by atoms with Gasteiger partial charge in [-0.1, -0.05) is 48.5 Å². The molecule has 0 aliphatic rings. The fourth-order valence-electron chi connectivity index (χ4n) is 1.98. The van der Waals surface area contributed by atoms with Crippen LogP contribution in [0.15, 0.2) is 60.7 Å². The number of anilines is 1. The summed E-state index contributed by atoms with van der Waals surface area (Å²) in [6.07, 6.45) is 0. The Balaban J connectivity index is 2.08. The maximum atomic E-state index is 12.1. The van der Waals surface area contributed by atoms with Crippen LogP contribution in [0.25, 0.3) is 0 Å². The van der Waals surface area contributed by atoms with Crippen LogP contribution >= 0.6 is 0 Å². The Morgan fingerprint density at radius 3 is 2.15 bits per heavy atom. The molecule has 2 aromatic rings. The molecule has 0 saturated carbocycles. The van der Waals surface area contributed by atoms with E-state index in [1.165, 1.54) is 0 Å². The highest BCUT2D eigenvalue weighted by Crippen LogP contribution is 2.19. The highest BCUT2D eigenvalue weighted by molar-refractivity contribution is 5.89. The van der Waals surface area contributed by atoms with Gasteiger partial charge in [-0.15, -0.1) is 0 Å². The molecular formula is C16H19N3O. The van der Waals surface area contributed by atoms with Crippen LogP contribution in [0.4, 0.5) is 10.5 Å². The predicted molar refractivity (Wildman–Crippen MR) is 81.4 cm³/mol. The Bertz CT molecular complexity index is 556. The van der Waals surface area contributed by atoms with E-state index in [0.29, 0.717) is 6.54 Å². The molecule has 1 unspecified atom stereocenters. The highest BCUT2D eigenvalue weighted by Gasteiger charge is 2.26. The summed E-state index contributed by atoms with van der Waals surface area (Å²) in [5.74, 6) is 0. The lowest BCUT2D eigenvalue weighted by molar-refractivity contribution is 0.240. The number of hydrogen-bond acceptors (Lipinski definition) is 2. The van der Waals surface area contributed by atoms with E-state index in [0.717, 1.165) is 11.3 Å². The monoisotopic (exact) mass is 269 g/mol. The van der Waals surface area contributed by atoms with Crippen LogP contribution in [-0.2, 0) is 5.54 Å². The molecule has 0 bridgehead atoms. The van der Waals surface area contributed by atoms with E-state index in [2.05, 4.69) is 10.6 Å². The second-order valence-electron chi connectivity index (χ2n) is 4.85. The number of carbonyl (C=O) groups is 1. The fraction of sp³-hybridized carbons (Fsp3) is 0.188. The number of nitrogens with two attached hydrogens (primary N) is 1. The third kappa shape index (κ3) is 3.36. The van der Waals surface area contributed by atoms with E-state index >= 15 is 0 Å². The fourth-order valence-corrected chi connectivity index (χ4v) is 1.98. The molecule has 0 aromatic heterocycles. The molecule has 4 nitrogen and oxygen atoms in total. The molecule has 0 heterocycles. The molecule has 2 amide bonds. The summed E-state index contributed by atoms with van der Waals surface area (Å²) in [5.41, 5.74) is 6.97. The molecule has 2 rings (SSSR count). The minimum atomic E-state index is -0.597. The number of carbonyl (C=O) groups excluding carboxylic acids is 1. The number of benzene rings is 2. The van der Waals surface area contributed by atoms with Crippen molar-refractivity contribution in [3.05, 3.63) is 66.2 Å². The summed E-state index contributed by atoms with van der Waals surface area (Å²) in [6, 6.07) is 18.7. The molecular weight excluding hydrogens is 250 g/mol. The van der Waals surface area contributed by atoms with Gasteiger partial charge >= 0.3 is 6.03 Å². The van der Waals surface area contributed by atoms with E-state index < -0.39 is 5.54 Å². The van der Waals surface area contributed by atoms with Gasteiger partial charge in [-0.2, -0.15) is 0 Å². The average Bonchev–Trinajstić information content (AvgIpc) is 2.49. The second-order valence-corrected chi connectivity index (χ2v) is 4.85. The summed E-state index contributed by atoms with van der Waals surface area (Å²) < 4.78 is 0.